The quantitative estimate of drug-likeness (QED) is 0.763. The first-order valence-electron chi connectivity index (χ1n) is 8.49. The normalized spacial score (nSPS) is 12.3. The average molecular weight is 356 g/mol. The van der Waals surface area contributed by atoms with Crippen LogP contribution in [0.1, 0.15) is 11.1 Å². The van der Waals surface area contributed by atoms with Crippen LogP contribution in [0.4, 0.5) is 0 Å². The molecule has 6 nitrogen and oxygen atoms in total. The lowest BCUT2D eigenvalue weighted by Gasteiger charge is -2.23. The van der Waals surface area contributed by atoms with Crippen molar-refractivity contribution < 1.29 is 19.0 Å². The van der Waals surface area contributed by atoms with Gasteiger partial charge in [0.2, 0.25) is 12.7 Å². The summed E-state index contributed by atoms with van der Waals surface area (Å²) in [7, 11) is 5.38. The molecule has 0 N–H and O–H groups in total. The number of ether oxygens (including phenoxy) is 3. The largest absolute Gasteiger partial charge is 0.496 e. The van der Waals surface area contributed by atoms with Crippen molar-refractivity contribution in [1.29, 1.82) is 0 Å². The first-order chi connectivity index (χ1) is 12.6. The smallest absolute Gasteiger partial charge is 0.236 e. The summed E-state index contributed by atoms with van der Waals surface area (Å²) in [5.41, 5.74) is 2.07. The van der Waals surface area contributed by atoms with Gasteiger partial charge in [-0.2, -0.15) is 0 Å². The van der Waals surface area contributed by atoms with Crippen molar-refractivity contribution in [3.8, 4) is 17.2 Å². The zero-order valence-corrected chi connectivity index (χ0v) is 15.4. The Kier molecular flexibility index (Phi) is 5.63. The van der Waals surface area contributed by atoms with Crippen molar-refractivity contribution in [3.05, 3.63) is 53.6 Å². The van der Waals surface area contributed by atoms with E-state index in [4.69, 9.17) is 14.2 Å². The molecule has 0 radical (unpaired) electrons. The SMILES string of the molecule is COc1ccccc1CN(C)C(=O)CN(C)Cc1ccc2c(c1)OCO2. The highest BCUT2D eigenvalue weighted by Gasteiger charge is 2.16. The number of likely N-dealkylation sites (N-methyl/N-ethyl adjacent to an activating group) is 2. The van der Waals surface area contributed by atoms with Crippen LogP contribution in [0.3, 0.4) is 0 Å². The average Bonchev–Trinajstić information content (AvgIpc) is 3.09. The number of rotatable bonds is 7. The van der Waals surface area contributed by atoms with Gasteiger partial charge in [-0.1, -0.05) is 24.3 Å². The third kappa shape index (κ3) is 4.26. The van der Waals surface area contributed by atoms with Crippen molar-refractivity contribution in [2.24, 2.45) is 0 Å². The van der Waals surface area contributed by atoms with E-state index >= 15 is 0 Å². The minimum Gasteiger partial charge on any atom is -0.496 e. The first-order valence-corrected chi connectivity index (χ1v) is 8.49. The molecule has 1 amide bonds. The molecule has 0 fully saturated rings. The van der Waals surface area contributed by atoms with Crippen molar-refractivity contribution in [3.63, 3.8) is 0 Å². The van der Waals surface area contributed by atoms with E-state index in [9.17, 15) is 4.79 Å². The third-order valence-electron chi connectivity index (χ3n) is 4.32. The molecule has 0 bridgehead atoms. The number of para-hydroxylation sites is 1. The molecule has 6 heteroatoms. The van der Waals surface area contributed by atoms with Gasteiger partial charge in [0.15, 0.2) is 11.5 Å². The number of carbonyl (C=O) groups excluding carboxylic acids is 1. The molecule has 2 aromatic rings. The minimum absolute atomic E-state index is 0.0548. The van der Waals surface area contributed by atoms with E-state index in [1.54, 1.807) is 12.0 Å². The van der Waals surface area contributed by atoms with E-state index in [2.05, 4.69) is 0 Å². The fraction of sp³-hybridized carbons (Fsp3) is 0.350. The van der Waals surface area contributed by atoms with E-state index in [-0.39, 0.29) is 12.7 Å². The summed E-state index contributed by atoms with van der Waals surface area (Å²) in [6, 6.07) is 13.6. The van der Waals surface area contributed by atoms with Gasteiger partial charge in [0.25, 0.3) is 0 Å². The molecule has 0 atom stereocenters. The second-order valence-corrected chi connectivity index (χ2v) is 6.42. The Labute approximate surface area is 153 Å². The number of hydrogen-bond acceptors (Lipinski definition) is 5. The van der Waals surface area contributed by atoms with Gasteiger partial charge < -0.3 is 19.1 Å². The highest BCUT2D eigenvalue weighted by atomic mass is 16.7. The number of amides is 1. The lowest BCUT2D eigenvalue weighted by molar-refractivity contribution is -0.131. The van der Waals surface area contributed by atoms with Crippen LogP contribution in [-0.2, 0) is 17.9 Å². The monoisotopic (exact) mass is 356 g/mol. The molecule has 3 rings (SSSR count). The lowest BCUT2D eigenvalue weighted by atomic mass is 10.2. The van der Waals surface area contributed by atoms with E-state index < -0.39 is 0 Å². The Balaban J connectivity index is 1.55. The molecule has 2 aromatic carbocycles. The van der Waals surface area contributed by atoms with Crippen LogP contribution in [0.5, 0.6) is 17.2 Å². The van der Waals surface area contributed by atoms with Crippen LogP contribution in [0.2, 0.25) is 0 Å². The van der Waals surface area contributed by atoms with Gasteiger partial charge in [-0.05, 0) is 30.8 Å². The third-order valence-corrected chi connectivity index (χ3v) is 4.32. The zero-order valence-electron chi connectivity index (χ0n) is 15.4. The number of carbonyl (C=O) groups is 1. The molecule has 1 aliphatic rings. The van der Waals surface area contributed by atoms with Crippen LogP contribution >= 0.6 is 0 Å². The number of benzene rings is 2. The molecule has 0 saturated heterocycles. The Hall–Kier alpha value is -2.73. The van der Waals surface area contributed by atoms with Gasteiger partial charge in [-0.25, -0.2) is 0 Å². The fourth-order valence-electron chi connectivity index (χ4n) is 2.94. The van der Waals surface area contributed by atoms with E-state index in [0.29, 0.717) is 19.6 Å². The highest BCUT2D eigenvalue weighted by Crippen LogP contribution is 2.32. The molecule has 138 valence electrons. The number of nitrogens with zero attached hydrogens (tertiary/aromatic N) is 2. The Morgan fingerprint density at radius 1 is 1.08 bits per heavy atom. The van der Waals surface area contributed by atoms with Crippen LogP contribution < -0.4 is 14.2 Å². The summed E-state index contributed by atoms with van der Waals surface area (Å²) in [6.45, 7) is 1.77. The molecule has 1 aliphatic heterocycles. The standard InChI is InChI=1S/C20H24N2O4/c1-21(11-15-8-9-18-19(10-15)26-14-25-18)13-20(23)22(2)12-16-6-4-5-7-17(16)24-3/h4-10H,11-14H2,1-3H3. The Morgan fingerprint density at radius 2 is 1.85 bits per heavy atom. The predicted octanol–water partition coefficient (Wildman–Crippen LogP) is 2.51. The summed E-state index contributed by atoms with van der Waals surface area (Å²) >= 11 is 0. The molecular weight excluding hydrogens is 332 g/mol. The minimum atomic E-state index is 0.0548. The second-order valence-electron chi connectivity index (χ2n) is 6.42. The maximum absolute atomic E-state index is 12.5. The van der Waals surface area contributed by atoms with Crippen molar-refractivity contribution >= 4 is 5.91 Å². The molecule has 1 heterocycles. The van der Waals surface area contributed by atoms with Gasteiger partial charge in [0.1, 0.15) is 5.75 Å². The first kappa shape index (κ1) is 18.1. The van der Waals surface area contributed by atoms with Crippen molar-refractivity contribution in [2.45, 2.75) is 13.1 Å². The number of hydrogen-bond donors (Lipinski definition) is 0. The predicted molar refractivity (Wildman–Crippen MR) is 98.4 cm³/mol. The summed E-state index contributed by atoms with van der Waals surface area (Å²) in [6.07, 6.45) is 0. The molecule has 0 saturated carbocycles. The van der Waals surface area contributed by atoms with Gasteiger partial charge in [-0.15, -0.1) is 0 Å². The van der Waals surface area contributed by atoms with Gasteiger partial charge >= 0.3 is 0 Å². The van der Waals surface area contributed by atoms with Gasteiger partial charge in [-0.3, -0.25) is 9.69 Å². The maximum atomic E-state index is 12.5. The summed E-state index contributed by atoms with van der Waals surface area (Å²) in [5.74, 6) is 2.37. The number of fused-ring (bicyclic) bond motifs is 1. The van der Waals surface area contributed by atoms with Crippen LogP contribution in [0.25, 0.3) is 0 Å². The van der Waals surface area contributed by atoms with Gasteiger partial charge in [0.05, 0.1) is 13.7 Å². The molecule has 0 aromatic heterocycles. The topological polar surface area (TPSA) is 51.2 Å². The van der Waals surface area contributed by atoms with Crippen LogP contribution in [0, 0.1) is 0 Å². The maximum Gasteiger partial charge on any atom is 0.236 e. The van der Waals surface area contributed by atoms with E-state index in [0.717, 1.165) is 28.4 Å². The second kappa shape index (κ2) is 8.10. The highest BCUT2D eigenvalue weighted by molar-refractivity contribution is 5.78. The lowest BCUT2D eigenvalue weighted by Crippen LogP contribution is -2.36. The Bertz CT molecular complexity index is 778. The molecule has 26 heavy (non-hydrogen) atoms. The van der Waals surface area contributed by atoms with E-state index in [1.807, 2.05) is 61.5 Å². The molecule has 0 unspecified atom stereocenters. The summed E-state index contributed by atoms with van der Waals surface area (Å²) in [4.78, 5) is 16.2. The molecule has 0 spiro atoms. The van der Waals surface area contributed by atoms with E-state index in [1.165, 1.54) is 0 Å². The van der Waals surface area contributed by atoms with Crippen molar-refractivity contribution in [1.82, 2.24) is 9.80 Å². The van der Waals surface area contributed by atoms with Gasteiger partial charge in [0, 0.05) is 25.7 Å². The number of methoxy groups -OCH3 is 1. The summed E-state index contributed by atoms with van der Waals surface area (Å²) in [5, 5.41) is 0. The van der Waals surface area contributed by atoms with Crippen LogP contribution in [0.15, 0.2) is 42.5 Å². The zero-order chi connectivity index (χ0) is 18.5. The fourth-order valence-corrected chi connectivity index (χ4v) is 2.94. The van der Waals surface area contributed by atoms with Crippen molar-refractivity contribution in [2.75, 3.05) is 34.5 Å². The summed E-state index contributed by atoms with van der Waals surface area (Å²) < 4.78 is 16.1. The molecule has 0 aliphatic carbocycles. The Morgan fingerprint density at radius 3 is 2.65 bits per heavy atom. The molecular formula is C20H24N2O4. The van der Waals surface area contributed by atoms with Crippen LogP contribution in [-0.4, -0.2) is 50.2 Å².